The van der Waals surface area contributed by atoms with Gasteiger partial charge in [-0.15, -0.1) is 0 Å². The van der Waals surface area contributed by atoms with Crippen molar-refractivity contribution in [1.82, 2.24) is 0 Å². The summed E-state index contributed by atoms with van der Waals surface area (Å²) in [6, 6.07) is 9.95. The Morgan fingerprint density at radius 2 is 0.897 bits per heavy atom. The largest absolute Gasteiger partial charge is 0.0582 e. The first-order valence-electron chi connectivity index (χ1n) is 15.4. The van der Waals surface area contributed by atoms with E-state index in [4.69, 9.17) is 0 Å². The second-order valence-corrected chi connectivity index (χ2v) is 18.6. The van der Waals surface area contributed by atoms with Crippen LogP contribution in [-0.4, -0.2) is 0 Å². The first-order valence-corrected chi connectivity index (χ1v) is 15.4. The maximum Gasteiger partial charge on any atom is -0.0126 e. The van der Waals surface area contributed by atoms with Gasteiger partial charge in [0.15, 0.2) is 0 Å². The van der Waals surface area contributed by atoms with Crippen molar-refractivity contribution in [2.24, 2.45) is 0 Å². The van der Waals surface area contributed by atoms with Crippen LogP contribution in [-0.2, 0) is 38.9 Å². The van der Waals surface area contributed by atoms with Gasteiger partial charge in [-0.05, 0) is 89.3 Å². The van der Waals surface area contributed by atoms with Gasteiger partial charge in [0, 0.05) is 0 Å². The Morgan fingerprint density at radius 3 is 1.26 bits per heavy atom. The molecule has 1 atom stereocenters. The van der Waals surface area contributed by atoms with Crippen LogP contribution in [0, 0.1) is 0 Å². The molecule has 0 heterocycles. The smallest absolute Gasteiger partial charge is 0.0126 e. The van der Waals surface area contributed by atoms with Crippen molar-refractivity contribution in [3.05, 3.63) is 68.8 Å². The predicted octanol–water partition coefficient (Wildman–Crippen LogP) is 11.8. The molecule has 2 aromatic rings. The zero-order valence-electron chi connectivity index (χ0n) is 29.6. The molecule has 220 valence electrons. The number of benzene rings is 2. The lowest BCUT2D eigenvalue weighted by atomic mass is 9.63. The summed E-state index contributed by atoms with van der Waals surface area (Å²) < 4.78 is 0. The Balaban J connectivity index is 3.01. The third kappa shape index (κ3) is 7.59. The molecular formula is C39H64. The minimum atomic E-state index is 0.0435. The van der Waals surface area contributed by atoms with Crippen molar-refractivity contribution < 1.29 is 0 Å². The summed E-state index contributed by atoms with van der Waals surface area (Å²) in [4.78, 5) is 0. The van der Waals surface area contributed by atoms with Crippen molar-refractivity contribution in [1.29, 1.82) is 0 Å². The number of rotatable bonds is 3. The molecule has 0 saturated carbocycles. The number of hydrogen-bond acceptors (Lipinski definition) is 0. The van der Waals surface area contributed by atoms with Gasteiger partial charge < -0.3 is 0 Å². The molecule has 0 aliphatic heterocycles. The normalized spacial score (nSPS) is 15.1. The predicted molar refractivity (Wildman–Crippen MR) is 177 cm³/mol. The Hall–Kier alpha value is -1.56. The van der Waals surface area contributed by atoms with Crippen molar-refractivity contribution in [2.45, 2.75) is 176 Å². The molecule has 0 N–H and O–H groups in total. The summed E-state index contributed by atoms with van der Waals surface area (Å²) in [7, 11) is 0. The van der Waals surface area contributed by atoms with Crippen LogP contribution in [0.2, 0.25) is 0 Å². The van der Waals surface area contributed by atoms with E-state index in [9.17, 15) is 0 Å². The van der Waals surface area contributed by atoms with E-state index in [1.165, 1.54) is 27.8 Å². The Bertz CT molecular complexity index is 1160. The van der Waals surface area contributed by atoms with Gasteiger partial charge >= 0.3 is 0 Å². The van der Waals surface area contributed by atoms with Crippen LogP contribution < -0.4 is 0 Å². The Kier molecular flexibility index (Phi) is 8.94. The molecule has 39 heavy (non-hydrogen) atoms. The average molecular weight is 533 g/mol. The zero-order chi connectivity index (χ0) is 30.7. The molecule has 0 spiro atoms. The molecule has 0 nitrogen and oxygen atoms in total. The van der Waals surface area contributed by atoms with E-state index in [1.54, 1.807) is 16.7 Å². The van der Waals surface area contributed by atoms with Crippen LogP contribution in [0.1, 0.15) is 182 Å². The summed E-state index contributed by atoms with van der Waals surface area (Å²) in [6.45, 7) is 45.5. The van der Waals surface area contributed by atoms with Crippen LogP contribution >= 0.6 is 0 Å². The monoisotopic (exact) mass is 533 g/mol. The van der Waals surface area contributed by atoms with E-state index in [2.05, 4.69) is 156 Å². The van der Waals surface area contributed by atoms with Gasteiger partial charge in [-0.25, -0.2) is 0 Å². The highest BCUT2D eigenvalue weighted by Gasteiger charge is 2.37. The van der Waals surface area contributed by atoms with Gasteiger partial charge in [-0.2, -0.15) is 0 Å². The molecule has 0 heteroatoms. The van der Waals surface area contributed by atoms with Gasteiger partial charge in [-0.1, -0.05) is 156 Å². The maximum atomic E-state index is 2.60. The summed E-state index contributed by atoms with van der Waals surface area (Å²) in [6.07, 6.45) is 1.06. The second kappa shape index (κ2) is 10.4. The molecule has 0 saturated heterocycles. The van der Waals surface area contributed by atoms with Gasteiger partial charge in [0.25, 0.3) is 0 Å². The average Bonchev–Trinajstić information content (AvgIpc) is 2.68. The zero-order valence-corrected chi connectivity index (χ0v) is 29.6. The van der Waals surface area contributed by atoms with Crippen LogP contribution in [0.4, 0.5) is 0 Å². The van der Waals surface area contributed by atoms with Crippen LogP contribution in [0.25, 0.3) is 0 Å². The Labute approximate surface area is 244 Å². The third-order valence-electron chi connectivity index (χ3n) is 8.32. The SMILES string of the molecule is CC(Cc1c(C(C)(C)C)cc(C(C)(C)C)c(C(C)(C)C)c1C(C)(C)C)c1ccc(C(C)(C)C)cc1C(C)(C)C. The molecule has 0 aromatic heterocycles. The number of hydrogen-bond donors (Lipinski definition) is 0. The summed E-state index contributed by atoms with van der Waals surface area (Å²) in [5.74, 6) is 0.420. The van der Waals surface area contributed by atoms with Crippen LogP contribution in [0.15, 0.2) is 24.3 Å². The topological polar surface area (TPSA) is 0 Å². The van der Waals surface area contributed by atoms with Crippen molar-refractivity contribution in [3.8, 4) is 0 Å². The highest BCUT2D eigenvalue weighted by Crippen LogP contribution is 2.47. The molecule has 2 aromatic carbocycles. The van der Waals surface area contributed by atoms with Crippen molar-refractivity contribution in [2.75, 3.05) is 0 Å². The Morgan fingerprint density at radius 1 is 0.462 bits per heavy atom. The molecule has 0 aliphatic carbocycles. The lowest BCUT2D eigenvalue weighted by Crippen LogP contribution is -2.32. The van der Waals surface area contributed by atoms with E-state index < -0.39 is 0 Å². The van der Waals surface area contributed by atoms with E-state index in [-0.39, 0.29) is 32.5 Å². The second-order valence-electron chi connectivity index (χ2n) is 18.6. The van der Waals surface area contributed by atoms with Crippen LogP contribution in [0.3, 0.4) is 0 Å². The molecule has 0 radical (unpaired) electrons. The first kappa shape index (κ1) is 33.6. The molecule has 0 amide bonds. The van der Waals surface area contributed by atoms with Crippen LogP contribution in [0.5, 0.6) is 0 Å². The molecule has 0 bridgehead atoms. The quantitative estimate of drug-likeness (QED) is 0.369. The molecule has 0 aliphatic rings. The fourth-order valence-electron chi connectivity index (χ4n) is 6.32. The summed E-state index contributed by atoms with van der Waals surface area (Å²) in [5, 5.41) is 0. The summed E-state index contributed by atoms with van der Waals surface area (Å²) >= 11 is 0. The van der Waals surface area contributed by atoms with Gasteiger partial charge in [0.1, 0.15) is 0 Å². The van der Waals surface area contributed by atoms with E-state index in [1.807, 2.05) is 0 Å². The highest BCUT2D eigenvalue weighted by atomic mass is 14.4. The first-order chi connectivity index (χ1) is 17.1. The van der Waals surface area contributed by atoms with Gasteiger partial charge in [-0.3, -0.25) is 0 Å². The van der Waals surface area contributed by atoms with Crippen molar-refractivity contribution >= 4 is 0 Å². The van der Waals surface area contributed by atoms with E-state index in [0.717, 1.165) is 6.42 Å². The fourth-order valence-corrected chi connectivity index (χ4v) is 6.32. The fraction of sp³-hybridized carbons (Fsp3) is 0.692. The van der Waals surface area contributed by atoms with Gasteiger partial charge in [0.2, 0.25) is 0 Å². The highest BCUT2D eigenvalue weighted by molar-refractivity contribution is 5.57. The molecule has 2 rings (SSSR count). The minimum Gasteiger partial charge on any atom is -0.0582 e. The maximum absolute atomic E-state index is 2.60. The standard InChI is InChI=1S/C39H64/c1-25(27-21-20-26(34(2,3)4)23-29(27)35(5,6)7)22-28-30(36(8,9)10)24-31(37(11,12)13)33(39(17,18)19)32(28)38(14,15)16/h20-21,23-25H,22H2,1-19H3. The van der Waals surface area contributed by atoms with Crippen molar-refractivity contribution in [3.63, 3.8) is 0 Å². The lowest BCUT2D eigenvalue weighted by molar-refractivity contribution is 0.481. The minimum absolute atomic E-state index is 0.0435. The summed E-state index contributed by atoms with van der Waals surface area (Å²) in [5.41, 5.74) is 12.7. The third-order valence-corrected chi connectivity index (χ3v) is 8.32. The lowest BCUT2D eigenvalue weighted by Gasteiger charge is -2.41. The molecule has 0 fully saturated rings. The van der Waals surface area contributed by atoms with Gasteiger partial charge in [0.05, 0.1) is 0 Å². The molecule has 1 unspecified atom stereocenters. The van der Waals surface area contributed by atoms with E-state index in [0.29, 0.717) is 5.92 Å². The van der Waals surface area contributed by atoms with E-state index >= 15 is 0 Å². The molecular weight excluding hydrogens is 468 g/mol.